The lowest BCUT2D eigenvalue weighted by atomic mass is 10.0. The van der Waals surface area contributed by atoms with Crippen molar-refractivity contribution in [2.24, 2.45) is 11.7 Å². The fourth-order valence-corrected chi connectivity index (χ4v) is 3.72. The summed E-state index contributed by atoms with van der Waals surface area (Å²) in [4.78, 5) is 24.6. The van der Waals surface area contributed by atoms with Gasteiger partial charge in [0.25, 0.3) is 0 Å². The Kier molecular flexibility index (Phi) is 10.7. The number of rotatable bonds is 13. The predicted octanol–water partition coefficient (Wildman–Crippen LogP) is 2.67. The molecule has 0 fully saturated rings. The summed E-state index contributed by atoms with van der Waals surface area (Å²) in [5.41, 5.74) is 8.47. The van der Waals surface area contributed by atoms with Gasteiger partial charge in [-0.3, -0.25) is 4.79 Å². The molecule has 4 atom stereocenters. The normalized spacial score (nSPS) is 15.0. The molecule has 2 aromatic carbocycles. The molecule has 0 radical (unpaired) electrons. The molecule has 0 saturated carbocycles. The van der Waals surface area contributed by atoms with Crippen LogP contribution in [0.4, 0.5) is 0 Å². The van der Waals surface area contributed by atoms with Crippen LogP contribution in [-0.4, -0.2) is 46.9 Å². The third-order valence-corrected chi connectivity index (χ3v) is 5.87. The van der Waals surface area contributed by atoms with Gasteiger partial charge >= 0.3 is 5.97 Å². The summed E-state index contributed by atoms with van der Waals surface area (Å²) in [5, 5.41) is 15.3. The minimum absolute atomic E-state index is 0.148. The van der Waals surface area contributed by atoms with Crippen LogP contribution >= 0.6 is 12.6 Å². The van der Waals surface area contributed by atoms with Crippen LogP contribution < -0.4 is 16.4 Å². The highest BCUT2D eigenvalue weighted by Gasteiger charge is 2.27. The number of carbonyl (C=O) groups excluding carboxylic acids is 1. The SMILES string of the molecule is CC(C)C[C@@H](NC(=O)[C@H](Cc1ccccc1)NCC(S)[C@@H](N)Cc1ccccc1)C(=O)O. The third kappa shape index (κ3) is 9.02. The van der Waals surface area contributed by atoms with E-state index in [1.807, 2.05) is 74.5 Å². The summed E-state index contributed by atoms with van der Waals surface area (Å²) in [6.45, 7) is 4.28. The number of amides is 1. The number of benzene rings is 2. The zero-order chi connectivity index (χ0) is 23.5. The standard InChI is InChI=1S/C25H35N3O3S/c1-17(2)13-22(25(30)31)28-24(29)21(15-19-11-7-4-8-12-19)27-16-23(32)20(26)14-18-9-5-3-6-10-18/h3-12,17,20-23,27,32H,13-16,26H2,1-2H3,(H,28,29)(H,30,31)/t20-,21-,22+,23?/m0/s1. The van der Waals surface area contributed by atoms with Crippen molar-refractivity contribution >= 4 is 24.5 Å². The first kappa shape index (κ1) is 25.9. The van der Waals surface area contributed by atoms with Crippen molar-refractivity contribution in [3.8, 4) is 0 Å². The van der Waals surface area contributed by atoms with Crippen LogP contribution in [0.2, 0.25) is 0 Å². The zero-order valence-electron chi connectivity index (χ0n) is 18.8. The van der Waals surface area contributed by atoms with Crippen LogP contribution in [0.5, 0.6) is 0 Å². The van der Waals surface area contributed by atoms with Gasteiger partial charge in [0, 0.05) is 17.8 Å². The Morgan fingerprint density at radius 3 is 1.97 bits per heavy atom. The van der Waals surface area contributed by atoms with E-state index in [9.17, 15) is 14.7 Å². The van der Waals surface area contributed by atoms with Gasteiger partial charge in [0.1, 0.15) is 6.04 Å². The Hall–Kier alpha value is -2.35. The molecule has 0 aliphatic heterocycles. The van der Waals surface area contributed by atoms with Gasteiger partial charge in [-0.15, -0.1) is 0 Å². The lowest BCUT2D eigenvalue weighted by molar-refractivity contribution is -0.142. The number of hydrogen-bond acceptors (Lipinski definition) is 5. The van der Waals surface area contributed by atoms with Crippen molar-refractivity contribution in [2.45, 2.75) is 56.5 Å². The fraction of sp³-hybridized carbons (Fsp3) is 0.440. The maximum atomic E-state index is 13.0. The average molecular weight is 458 g/mol. The predicted molar refractivity (Wildman–Crippen MR) is 132 cm³/mol. The second kappa shape index (κ2) is 13.3. The van der Waals surface area contributed by atoms with Gasteiger partial charge in [-0.05, 0) is 36.3 Å². The van der Waals surface area contributed by atoms with E-state index in [1.165, 1.54) is 0 Å². The molecule has 32 heavy (non-hydrogen) atoms. The van der Waals surface area contributed by atoms with Crippen LogP contribution in [-0.2, 0) is 22.4 Å². The van der Waals surface area contributed by atoms with Gasteiger partial charge in [0.2, 0.25) is 5.91 Å². The summed E-state index contributed by atoms with van der Waals surface area (Å²) in [5.74, 6) is -1.21. The van der Waals surface area contributed by atoms with E-state index in [1.54, 1.807) is 0 Å². The first-order chi connectivity index (χ1) is 15.3. The van der Waals surface area contributed by atoms with E-state index >= 15 is 0 Å². The minimum atomic E-state index is -1.03. The molecule has 2 aromatic rings. The number of hydrogen-bond donors (Lipinski definition) is 5. The van der Waals surface area contributed by atoms with Crippen molar-refractivity contribution in [2.75, 3.05) is 6.54 Å². The third-order valence-electron chi connectivity index (χ3n) is 5.30. The van der Waals surface area contributed by atoms with Crippen LogP contribution in [0.15, 0.2) is 60.7 Å². The summed E-state index contributed by atoms with van der Waals surface area (Å²) in [6.07, 6.45) is 1.49. The summed E-state index contributed by atoms with van der Waals surface area (Å²) in [7, 11) is 0. The lowest BCUT2D eigenvalue weighted by Gasteiger charge is -2.25. The molecule has 0 aliphatic rings. The largest absolute Gasteiger partial charge is 0.480 e. The molecule has 2 rings (SSSR count). The smallest absolute Gasteiger partial charge is 0.326 e. The van der Waals surface area contributed by atoms with Crippen molar-refractivity contribution < 1.29 is 14.7 Å². The van der Waals surface area contributed by atoms with Crippen LogP contribution in [0.1, 0.15) is 31.4 Å². The summed E-state index contributed by atoms with van der Waals surface area (Å²) >= 11 is 4.66. The molecule has 0 spiro atoms. The van der Waals surface area contributed by atoms with Crippen LogP contribution in [0.3, 0.4) is 0 Å². The number of carbonyl (C=O) groups is 2. The Labute approximate surface area is 196 Å². The van der Waals surface area contributed by atoms with Gasteiger partial charge in [-0.1, -0.05) is 74.5 Å². The topological polar surface area (TPSA) is 104 Å². The number of carboxylic acids is 1. The molecular weight excluding hydrogens is 422 g/mol. The van der Waals surface area contributed by atoms with E-state index < -0.39 is 18.1 Å². The fourth-order valence-electron chi connectivity index (χ4n) is 3.51. The van der Waals surface area contributed by atoms with Gasteiger partial charge in [0.15, 0.2) is 0 Å². The van der Waals surface area contributed by atoms with Crippen molar-refractivity contribution in [1.82, 2.24) is 10.6 Å². The molecule has 1 amide bonds. The minimum Gasteiger partial charge on any atom is -0.480 e. The van der Waals surface area contributed by atoms with Crippen molar-refractivity contribution in [3.05, 3.63) is 71.8 Å². The number of thiol groups is 1. The molecule has 174 valence electrons. The van der Waals surface area contributed by atoms with Gasteiger partial charge in [-0.2, -0.15) is 12.6 Å². The summed E-state index contributed by atoms with van der Waals surface area (Å²) < 4.78 is 0. The highest BCUT2D eigenvalue weighted by molar-refractivity contribution is 7.81. The van der Waals surface area contributed by atoms with E-state index in [0.717, 1.165) is 11.1 Å². The van der Waals surface area contributed by atoms with E-state index in [0.29, 0.717) is 25.8 Å². The summed E-state index contributed by atoms with van der Waals surface area (Å²) in [6, 6.07) is 17.9. The van der Waals surface area contributed by atoms with E-state index in [-0.39, 0.29) is 23.1 Å². The Bertz CT molecular complexity index is 833. The first-order valence-corrected chi connectivity index (χ1v) is 11.6. The lowest BCUT2D eigenvalue weighted by Crippen LogP contribution is -2.53. The van der Waals surface area contributed by atoms with Crippen LogP contribution in [0.25, 0.3) is 0 Å². The number of nitrogens with two attached hydrogens (primary N) is 1. The van der Waals surface area contributed by atoms with E-state index in [2.05, 4.69) is 23.3 Å². The number of aliphatic carboxylic acids is 1. The highest BCUT2D eigenvalue weighted by Crippen LogP contribution is 2.11. The van der Waals surface area contributed by atoms with Crippen molar-refractivity contribution in [1.29, 1.82) is 0 Å². The molecule has 0 bridgehead atoms. The molecular formula is C25H35N3O3S. The molecule has 0 heterocycles. The molecule has 5 N–H and O–H groups in total. The molecule has 0 saturated heterocycles. The maximum Gasteiger partial charge on any atom is 0.326 e. The highest BCUT2D eigenvalue weighted by atomic mass is 32.1. The van der Waals surface area contributed by atoms with Crippen LogP contribution in [0, 0.1) is 5.92 Å². The average Bonchev–Trinajstić information content (AvgIpc) is 2.76. The number of nitrogens with one attached hydrogen (secondary N) is 2. The molecule has 7 heteroatoms. The Morgan fingerprint density at radius 1 is 0.938 bits per heavy atom. The molecule has 0 aliphatic carbocycles. The van der Waals surface area contributed by atoms with Crippen molar-refractivity contribution in [3.63, 3.8) is 0 Å². The molecule has 0 aromatic heterocycles. The Balaban J connectivity index is 2.03. The zero-order valence-corrected chi connectivity index (χ0v) is 19.7. The first-order valence-electron chi connectivity index (χ1n) is 11.0. The second-order valence-corrected chi connectivity index (χ2v) is 9.26. The maximum absolute atomic E-state index is 13.0. The van der Waals surface area contributed by atoms with Gasteiger partial charge < -0.3 is 21.5 Å². The second-order valence-electron chi connectivity index (χ2n) is 8.60. The Morgan fingerprint density at radius 2 is 1.47 bits per heavy atom. The molecule has 1 unspecified atom stereocenters. The van der Waals surface area contributed by atoms with Gasteiger partial charge in [-0.25, -0.2) is 4.79 Å². The van der Waals surface area contributed by atoms with E-state index in [4.69, 9.17) is 5.73 Å². The number of carboxylic acid groups (broad SMARTS) is 1. The monoisotopic (exact) mass is 457 g/mol. The quantitative estimate of drug-likeness (QED) is 0.298. The molecule has 6 nitrogen and oxygen atoms in total. The van der Waals surface area contributed by atoms with Gasteiger partial charge in [0.05, 0.1) is 6.04 Å².